The smallest absolute Gasteiger partial charge is 0.160 e. The number of phenolic OH excluding ortho intramolecular Hbond substituents is 1. The van der Waals surface area contributed by atoms with E-state index < -0.39 is 0 Å². The number of piperidine rings is 1. The molecule has 0 aliphatic carbocycles. The van der Waals surface area contributed by atoms with Gasteiger partial charge >= 0.3 is 0 Å². The van der Waals surface area contributed by atoms with Crippen molar-refractivity contribution in [3.8, 4) is 11.5 Å². The quantitative estimate of drug-likeness (QED) is 0.549. The van der Waals surface area contributed by atoms with Crippen molar-refractivity contribution in [1.29, 1.82) is 0 Å². The molecule has 3 N–H and O–H groups in total. The van der Waals surface area contributed by atoms with Gasteiger partial charge in [0.25, 0.3) is 0 Å². The van der Waals surface area contributed by atoms with Gasteiger partial charge in [0.2, 0.25) is 0 Å². The van der Waals surface area contributed by atoms with Gasteiger partial charge < -0.3 is 25.2 Å². The van der Waals surface area contributed by atoms with Crippen LogP contribution < -0.4 is 15.0 Å². The van der Waals surface area contributed by atoms with Crippen LogP contribution >= 0.6 is 11.6 Å². The average Bonchev–Trinajstić information content (AvgIpc) is 2.77. The number of hydrogen-bond donors (Lipinski definition) is 3. The van der Waals surface area contributed by atoms with Gasteiger partial charge in [0, 0.05) is 42.0 Å². The number of benzene rings is 2. The summed E-state index contributed by atoms with van der Waals surface area (Å²) in [7, 11) is 1.52. The lowest BCUT2D eigenvalue weighted by Crippen LogP contribution is -2.35. The first-order chi connectivity index (χ1) is 14.6. The van der Waals surface area contributed by atoms with Gasteiger partial charge in [-0.3, -0.25) is 0 Å². The second-order valence-corrected chi connectivity index (χ2v) is 7.97. The monoisotopic (exact) mass is 428 g/mol. The Morgan fingerprint density at radius 3 is 2.63 bits per heavy atom. The Labute approximate surface area is 180 Å². The Morgan fingerprint density at radius 1 is 1.13 bits per heavy atom. The highest BCUT2D eigenvalue weighted by Crippen LogP contribution is 2.33. The number of aromatic hydroxyl groups is 1. The summed E-state index contributed by atoms with van der Waals surface area (Å²) in [4.78, 5) is 2.22. The zero-order valence-electron chi connectivity index (χ0n) is 16.8. The number of fused-ring (bicyclic) bond motifs is 1. The van der Waals surface area contributed by atoms with E-state index in [2.05, 4.69) is 20.4 Å². The van der Waals surface area contributed by atoms with Crippen LogP contribution in [0, 0.1) is 5.92 Å². The minimum atomic E-state index is 0.0948. The molecule has 0 amide bonds. The van der Waals surface area contributed by atoms with Crippen LogP contribution in [0.3, 0.4) is 0 Å². The molecule has 1 aromatic heterocycles. The number of nitrogens with one attached hydrogen (secondary N) is 1. The molecule has 0 saturated carbocycles. The summed E-state index contributed by atoms with van der Waals surface area (Å²) >= 11 is 6.27. The Morgan fingerprint density at radius 2 is 1.93 bits per heavy atom. The van der Waals surface area contributed by atoms with Gasteiger partial charge in [-0.05, 0) is 54.7 Å². The molecule has 1 aliphatic heterocycles. The first-order valence-electron chi connectivity index (χ1n) is 10.0. The van der Waals surface area contributed by atoms with E-state index in [0.29, 0.717) is 29.1 Å². The number of ether oxygens (including phenoxy) is 1. The van der Waals surface area contributed by atoms with Gasteiger partial charge in [-0.15, -0.1) is 10.2 Å². The molecule has 1 saturated heterocycles. The predicted molar refractivity (Wildman–Crippen MR) is 119 cm³/mol. The van der Waals surface area contributed by atoms with E-state index in [-0.39, 0.29) is 12.4 Å². The number of methoxy groups -OCH3 is 1. The standard InChI is InChI=1S/C22H25ClN4O3/c1-30-20-5-2-15(10-19(20)29)12-24-21-18-11-16(23)3-4-17(18)22(26-25-21)27-8-6-14(13-28)7-9-27/h2-5,10-11,14,28-29H,6-9,12-13H2,1H3,(H,24,25). The maximum Gasteiger partial charge on any atom is 0.160 e. The fourth-order valence-corrected chi connectivity index (χ4v) is 4.01. The number of hydrogen-bond acceptors (Lipinski definition) is 7. The molecule has 7 nitrogen and oxygen atoms in total. The predicted octanol–water partition coefficient (Wildman–Crippen LogP) is 3.82. The molecular formula is C22H25ClN4O3. The SMILES string of the molecule is COc1ccc(CNc2nnc(N3CCC(CO)CC3)c3ccc(Cl)cc23)cc1O. The van der Waals surface area contributed by atoms with E-state index in [4.69, 9.17) is 16.3 Å². The van der Waals surface area contributed by atoms with Crippen LogP contribution in [0.5, 0.6) is 11.5 Å². The number of anilines is 2. The molecule has 2 heterocycles. The van der Waals surface area contributed by atoms with Crippen molar-refractivity contribution in [3.63, 3.8) is 0 Å². The van der Waals surface area contributed by atoms with Crippen molar-refractivity contribution in [2.75, 3.05) is 37.0 Å². The van der Waals surface area contributed by atoms with Gasteiger partial charge in [-0.2, -0.15) is 0 Å². The van der Waals surface area contributed by atoms with Crippen LogP contribution in [0.4, 0.5) is 11.6 Å². The number of phenols is 1. The van der Waals surface area contributed by atoms with Crippen molar-refractivity contribution in [2.24, 2.45) is 5.92 Å². The van der Waals surface area contributed by atoms with E-state index >= 15 is 0 Å². The molecule has 8 heteroatoms. The summed E-state index contributed by atoms with van der Waals surface area (Å²) in [5, 5.41) is 34.1. The van der Waals surface area contributed by atoms with Crippen LogP contribution in [0.1, 0.15) is 18.4 Å². The largest absolute Gasteiger partial charge is 0.504 e. The number of aromatic nitrogens is 2. The molecule has 158 valence electrons. The Hall–Kier alpha value is -2.77. The van der Waals surface area contributed by atoms with E-state index in [9.17, 15) is 10.2 Å². The molecule has 0 spiro atoms. The Balaban J connectivity index is 1.60. The van der Waals surface area contributed by atoms with Gasteiger partial charge in [-0.1, -0.05) is 17.7 Å². The summed E-state index contributed by atoms with van der Waals surface area (Å²) < 4.78 is 5.09. The molecule has 0 bridgehead atoms. The third-order valence-corrected chi connectivity index (χ3v) is 5.83. The zero-order chi connectivity index (χ0) is 21.1. The summed E-state index contributed by atoms with van der Waals surface area (Å²) in [6.45, 7) is 2.39. The van der Waals surface area contributed by atoms with E-state index in [1.54, 1.807) is 12.1 Å². The topological polar surface area (TPSA) is 90.7 Å². The lowest BCUT2D eigenvalue weighted by Gasteiger charge is -2.32. The van der Waals surface area contributed by atoms with Crippen molar-refractivity contribution in [2.45, 2.75) is 19.4 Å². The molecule has 0 radical (unpaired) electrons. The summed E-state index contributed by atoms with van der Waals surface area (Å²) in [5.74, 6) is 2.36. The van der Waals surface area contributed by atoms with Gasteiger partial charge in [0.05, 0.1) is 7.11 Å². The van der Waals surface area contributed by atoms with E-state index in [0.717, 1.165) is 48.1 Å². The first-order valence-corrected chi connectivity index (χ1v) is 10.4. The number of halogens is 1. The van der Waals surface area contributed by atoms with E-state index in [1.165, 1.54) is 7.11 Å². The van der Waals surface area contributed by atoms with E-state index in [1.807, 2.05) is 24.3 Å². The van der Waals surface area contributed by atoms with Crippen molar-refractivity contribution in [1.82, 2.24) is 10.2 Å². The molecule has 3 aromatic rings. The molecule has 0 unspecified atom stereocenters. The van der Waals surface area contributed by atoms with Crippen LogP contribution in [-0.2, 0) is 6.54 Å². The lowest BCUT2D eigenvalue weighted by molar-refractivity contribution is 0.203. The van der Waals surface area contributed by atoms with Gasteiger partial charge in [-0.25, -0.2) is 0 Å². The minimum absolute atomic E-state index is 0.0948. The van der Waals surface area contributed by atoms with Gasteiger partial charge in [0.1, 0.15) is 0 Å². The highest BCUT2D eigenvalue weighted by molar-refractivity contribution is 6.31. The normalized spacial score (nSPS) is 14.8. The van der Waals surface area contributed by atoms with Crippen molar-refractivity contribution in [3.05, 3.63) is 47.0 Å². The average molecular weight is 429 g/mol. The zero-order valence-corrected chi connectivity index (χ0v) is 17.6. The fourth-order valence-electron chi connectivity index (χ4n) is 3.84. The van der Waals surface area contributed by atoms with Gasteiger partial charge in [0.15, 0.2) is 23.1 Å². The summed E-state index contributed by atoms with van der Waals surface area (Å²) in [6, 6.07) is 11.0. The highest BCUT2D eigenvalue weighted by Gasteiger charge is 2.22. The maximum absolute atomic E-state index is 9.99. The minimum Gasteiger partial charge on any atom is -0.504 e. The first kappa shape index (κ1) is 20.5. The number of rotatable bonds is 6. The number of aliphatic hydroxyl groups is 1. The van der Waals surface area contributed by atoms with Crippen molar-refractivity contribution < 1.29 is 14.9 Å². The summed E-state index contributed by atoms with van der Waals surface area (Å²) in [5.41, 5.74) is 0.889. The fraction of sp³-hybridized carbons (Fsp3) is 0.364. The third-order valence-electron chi connectivity index (χ3n) is 5.60. The summed E-state index contributed by atoms with van der Waals surface area (Å²) in [6.07, 6.45) is 1.88. The van der Waals surface area contributed by atoms with Crippen LogP contribution in [0.25, 0.3) is 10.8 Å². The lowest BCUT2D eigenvalue weighted by atomic mass is 9.97. The molecule has 4 rings (SSSR count). The Bertz CT molecular complexity index is 1040. The van der Waals surface area contributed by atoms with Crippen LogP contribution in [-0.4, -0.2) is 47.2 Å². The number of nitrogens with zero attached hydrogens (tertiary/aromatic N) is 3. The third kappa shape index (κ3) is 4.22. The molecule has 30 heavy (non-hydrogen) atoms. The van der Waals surface area contributed by atoms with Crippen LogP contribution in [0.15, 0.2) is 36.4 Å². The number of aliphatic hydroxyl groups excluding tert-OH is 1. The molecule has 1 aliphatic rings. The van der Waals surface area contributed by atoms with Crippen LogP contribution in [0.2, 0.25) is 5.02 Å². The molecule has 1 fully saturated rings. The molecular weight excluding hydrogens is 404 g/mol. The highest BCUT2D eigenvalue weighted by atomic mass is 35.5. The second kappa shape index (κ2) is 8.93. The molecule has 0 atom stereocenters. The van der Waals surface area contributed by atoms with Crippen molar-refractivity contribution >= 4 is 34.0 Å². The Kier molecular flexibility index (Phi) is 6.11. The second-order valence-electron chi connectivity index (χ2n) is 7.53. The maximum atomic E-state index is 9.99. The molecule has 2 aromatic carbocycles.